The normalized spacial score (nSPS) is 20.1. The summed E-state index contributed by atoms with van der Waals surface area (Å²) in [6.45, 7) is 10.5. The second kappa shape index (κ2) is 7.29. The van der Waals surface area contributed by atoms with Gasteiger partial charge in [0.1, 0.15) is 6.10 Å². The highest BCUT2D eigenvalue weighted by Gasteiger charge is 2.24. The van der Waals surface area contributed by atoms with Crippen LogP contribution in [0.1, 0.15) is 31.1 Å². The van der Waals surface area contributed by atoms with Crippen molar-refractivity contribution in [3.8, 4) is 0 Å². The molecule has 0 spiro atoms. The third-order valence-corrected chi connectivity index (χ3v) is 3.54. The van der Waals surface area contributed by atoms with Crippen molar-refractivity contribution in [1.82, 2.24) is 10.2 Å². The zero-order valence-electron chi connectivity index (χ0n) is 12.7. The van der Waals surface area contributed by atoms with Crippen LogP contribution in [0.5, 0.6) is 0 Å². The fourth-order valence-electron chi connectivity index (χ4n) is 2.55. The number of morpholine rings is 1. The van der Waals surface area contributed by atoms with Crippen molar-refractivity contribution in [3.63, 3.8) is 0 Å². The Morgan fingerprint density at radius 1 is 1.40 bits per heavy atom. The fraction of sp³-hybridized carbons (Fsp3) is 0.562. The maximum atomic E-state index is 5.96. The molecule has 0 amide bonds. The second-order valence-corrected chi connectivity index (χ2v) is 4.99. The van der Waals surface area contributed by atoms with E-state index in [1.54, 1.807) is 0 Å². The summed E-state index contributed by atoms with van der Waals surface area (Å²) >= 11 is 0. The number of hydrogen-bond donors (Lipinski definition) is 1. The van der Waals surface area contributed by atoms with E-state index in [0.29, 0.717) is 0 Å². The Morgan fingerprint density at radius 2 is 2.20 bits per heavy atom. The van der Waals surface area contributed by atoms with Crippen molar-refractivity contribution in [2.75, 3.05) is 32.8 Å². The van der Waals surface area contributed by atoms with Gasteiger partial charge in [0.25, 0.3) is 0 Å². The van der Waals surface area contributed by atoms with E-state index in [1.807, 2.05) is 0 Å². The van der Waals surface area contributed by atoms with Gasteiger partial charge < -0.3 is 15.0 Å². The van der Waals surface area contributed by atoms with E-state index in [0.717, 1.165) is 38.7 Å². The van der Waals surface area contributed by atoms with Crippen molar-refractivity contribution >= 4 is 5.96 Å². The van der Waals surface area contributed by atoms with Crippen LogP contribution < -0.4 is 5.32 Å². The largest absolute Gasteiger partial charge is 0.370 e. The monoisotopic (exact) mass is 275 g/mol. The van der Waals surface area contributed by atoms with Gasteiger partial charge in [-0.15, -0.1) is 0 Å². The van der Waals surface area contributed by atoms with Crippen molar-refractivity contribution in [1.29, 1.82) is 0 Å². The minimum absolute atomic E-state index is 0.130. The molecule has 1 saturated heterocycles. The van der Waals surface area contributed by atoms with E-state index in [1.165, 1.54) is 11.1 Å². The van der Waals surface area contributed by atoms with E-state index < -0.39 is 0 Å². The minimum Gasteiger partial charge on any atom is -0.370 e. The van der Waals surface area contributed by atoms with Crippen LogP contribution in [0.2, 0.25) is 0 Å². The SMILES string of the molecule is CCN=C(NCC)N1CCOC(c2ccccc2C)C1. The van der Waals surface area contributed by atoms with Crippen LogP contribution in [0.4, 0.5) is 0 Å². The maximum absolute atomic E-state index is 5.96. The molecule has 2 rings (SSSR count). The summed E-state index contributed by atoms with van der Waals surface area (Å²) in [4.78, 5) is 6.86. The number of guanidine groups is 1. The zero-order valence-corrected chi connectivity index (χ0v) is 12.7. The van der Waals surface area contributed by atoms with Crippen LogP contribution >= 0.6 is 0 Å². The third kappa shape index (κ3) is 3.51. The Hall–Kier alpha value is -1.55. The lowest BCUT2D eigenvalue weighted by atomic mass is 10.0. The summed E-state index contributed by atoms with van der Waals surface area (Å²) in [7, 11) is 0. The van der Waals surface area contributed by atoms with Gasteiger partial charge in [0, 0.05) is 19.6 Å². The fourth-order valence-corrected chi connectivity index (χ4v) is 2.55. The maximum Gasteiger partial charge on any atom is 0.194 e. The van der Waals surface area contributed by atoms with Gasteiger partial charge in [-0.05, 0) is 31.9 Å². The lowest BCUT2D eigenvalue weighted by Gasteiger charge is -2.35. The molecule has 1 unspecified atom stereocenters. The van der Waals surface area contributed by atoms with Crippen LogP contribution in [0.3, 0.4) is 0 Å². The molecule has 1 atom stereocenters. The highest BCUT2D eigenvalue weighted by atomic mass is 16.5. The van der Waals surface area contributed by atoms with E-state index in [4.69, 9.17) is 4.74 Å². The summed E-state index contributed by atoms with van der Waals surface area (Å²) in [5.74, 6) is 0.997. The molecule has 0 bridgehead atoms. The van der Waals surface area contributed by atoms with E-state index in [2.05, 4.69) is 60.2 Å². The first kappa shape index (κ1) is 14.9. The van der Waals surface area contributed by atoms with Gasteiger partial charge in [-0.2, -0.15) is 0 Å². The van der Waals surface area contributed by atoms with Gasteiger partial charge >= 0.3 is 0 Å². The van der Waals surface area contributed by atoms with Crippen LogP contribution in [0.25, 0.3) is 0 Å². The summed E-state index contributed by atoms with van der Waals surface area (Å²) in [6, 6.07) is 8.45. The molecule has 4 nitrogen and oxygen atoms in total. The van der Waals surface area contributed by atoms with Crippen LogP contribution in [-0.2, 0) is 4.74 Å². The Bertz CT molecular complexity index is 459. The summed E-state index contributed by atoms with van der Waals surface area (Å²) in [6.07, 6.45) is 0.130. The first-order valence-electron chi connectivity index (χ1n) is 7.46. The Morgan fingerprint density at radius 3 is 2.90 bits per heavy atom. The van der Waals surface area contributed by atoms with Gasteiger partial charge in [-0.25, -0.2) is 0 Å². The Balaban J connectivity index is 2.12. The number of hydrogen-bond acceptors (Lipinski definition) is 2. The van der Waals surface area contributed by atoms with Gasteiger partial charge in [0.05, 0.1) is 13.2 Å². The van der Waals surface area contributed by atoms with Gasteiger partial charge in [0.15, 0.2) is 5.96 Å². The summed E-state index contributed by atoms with van der Waals surface area (Å²) in [5.41, 5.74) is 2.57. The second-order valence-electron chi connectivity index (χ2n) is 4.99. The molecule has 110 valence electrons. The van der Waals surface area contributed by atoms with E-state index in [9.17, 15) is 0 Å². The summed E-state index contributed by atoms with van der Waals surface area (Å²) < 4.78 is 5.96. The van der Waals surface area contributed by atoms with Gasteiger partial charge in [-0.1, -0.05) is 24.3 Å². The zero-order chi connectivity index (χ0) is 14.4. The molecule has 1 aromatic carbocycles. The van der Waals surface area contributed by atoms with Crippen LogP contribution in [0, 0.1) is 6.92 Å². The number of ether oxygens (including phenoxy) is 1. The highest BCUT2D eigenvalue weighted by molar-refractivity contribution is 5.80. The highest BCUT2D eigenvalue weighted by Crippen LogP contribution is 2.24. The lowest BCUT2D eigenvalue weighted by molar-refractivity contribution is -0.00831. The molecule has 0 aromatic heterocycles. The van der Waals surface area contributed by atoms with Crippen molar-refractivity contribution < 1.29 is 4.74 Å². The average Bonchev–Trinajstić information content (AvgIpc) is 2.48. The molecule has 1 fully saturated rings. The van der Waals surface area contributed by atoms with Gasteiger partial charge in [0.2, 0.25) is 0 Å². The number of aliphatic imine (C=N–C) groups is 1. The average molecular weight is 275 g/mol. The third-order valence-electron chi connectivity index (χ3n) is 3.54. The predicted molar refractivity (Wildman–Crippen MR) is 83.1 cm³/mol. The molecule has 1 aliphatic heterocycles. The van der Waals surface area contributed by atoms with Gasteiger partial charge in [-0.3, -0.25) is 4.99 Å². The van der Waals surface area contributed by atoms with Crippen molar-refractivity contribution in [2.45, 2.75) is 26.9 Å². The molecular weight excluding hydrogens is 250 g/mol. The Kier molecular flexibility index (Phi) is 5.41. The molecule has 1 N–H and O–H groups in total. The summed E-state index contributed by atoms with van der Waals surface area (Å²) in [5, 5.41) is 3.36. The van der Waals surface area contributed by atoms with Crippen LogP contribution in [0.15, 0.2) is 29.3 Å². The molecule has 1 heterocycles. The molecule has 0 saturated carbocycles. The van der Waals surface area contributed by atoms with Crippen molar-refractivity contribution in [3.05, 3.63) is 35.4 Å². The minimum atomic E-state index is 0.130. The molecule has 0 radical (unpaired) electrons. The lowest BCUT2D eigenvalue weighted by Crippen LogP contribution is -2.48. The molecule has 20 heavy (non-hydrogen) atoms. The van der Waals surface area contributed by atoms with E-state index in [-0.39, 0.29) is 6.10 Å². The standard InChI is InChI=1S/C16H25N3O/c1-4-17-16(18-5-2)19-10-11-20-15(12-19)14-9-7-6-8-13(14)3/h6-9,15H,4-5,10-12H2,1-3H3,(H,17,18). The molecule has 1 aliphatic rings. The number of nitrogens with zero attached hydrogens (tertiary/aromatic N) is 2. The number of nitrogens with one attached hydrogen (secondary N) is 1. The quantitative estimate of drug-likeness (QED) is 0.679. The predicted octanol–water partition coefficient (Wildman–Crippen LogP) is 2.35. The van der Waals surface area contributed by atoms with E-state index >= 15 is 0 Å². The molecule has 0 aliphatic carbocycles. The van der Waals surface area contributed by atoms with Crippen LogP contribution in [-0.4, -0.2) is 43.6 Å². The number of benzene rings is 1. The molecule has 1 aromatic rings. The first-order valence-corrected chi connectivity index (χ1v) is 7.46. The number of rotatable bonds is 3. The molecular formula is C16H25N3O. The topological polar surface area (TPSA) is 36.9 Å². The number of aryl methyl sites for hydroxylation is 1. The van der Waals surface area contributed by atoms with Crippen molar-refractivity contribution in [2.24, 2.45) is 4.99 Å². The molecule has 4 heteroatoms. The Labute approximate surface area is 121 Å². The first-order chi connectivity index (χ1) is 9.76. The smallest absolute Gasteiger partial charge is 0.194 e.